The minimum absolute atomic E-state index is 0.287. The van der Waals surface area contributed by atoms with Gasteiger partial charge in [-0.25, -0.2) is 4.39 Å². The van der Waals surface area contributed by atoms with Crippen molar-refractivity contribution in [1.82, 2.24) is 9.78 Å². The standard InChI is InChI=1S/C15H19ClFN3/c1-4-20-13(14(16)10(2)19-20)9-15(3,18)11-6-5-7-12(17)8-11/h5-8H,4,9,18H2,1-3H3. The molecule has 0 saturated carbocycles. The van der Waals surface area contributed by atoms with Crippen molar-refractivity contribution < 1.29 is 4.39 Å². The van der Waals surface area contributed by atoms with E-state index in [1.54, 1.807) is 6.07 Å². The lowest BCUT2D eigenvalue weighted by Gasteiger charge is -2.26. The van der Waals surface area contributed by atoms with Gasteiger partial charge < -0.3 is 5.73 Å². The number of benzene rings is 1. The molecule has 0 aliphatic rings. The Balaban J connectivity index is 2.37. The van der Waals surface area contributed by atoms with Crippen molar-refractivity contribution in [3.8, 4) is 0 Å². The summed E-state index contributed by atoms with van der Waals surface area (Å²) in [5.41, 5.74) is 8.10. The van der Waals surface area contributed by atoms with Crippen molar-refractivity contribution in [3.05, 3.63) is 52.1 Å². The van der Waals surface area contributed by atoms with Gasteiger partial charge in [-0.05, 0) is 38.5 Å². The van der Waals surface area contributed by atoms with E-state index in [-0.39, 0.29) is 5.82 Å². The van der Waals surface area contributed by atoms with Crippen molar-refractivity contribution in [1.29, 1.82) is 0 Å². The van der Waals surface area contributed by atoms with E-state index < -0.39 is 5.54 Å². The van der Waals surface area contributed by atoms with E-state index in [9.17, 15) is 4.39 Å². The lowest BCUT2D eigenvalue weighted by Crippen LogP contribution is -2.36. The van der Waals surface area contributed by atoms with Gasteiger partial charge in [0, 0.05) is 18.5 Å². The Bertz CT molecular complexity index is 620. The molecule has 20 heavy (non-hydrogen) atoms. The molecule has 1 atom stereocenters. The smallest absolute Gasteiger partial charge is 0.123 e. The fourth-order valence-corrected chi connectivity index (χ4v) is 2.53. The molecular weight excluding hydrogens is 277 g/mol. The SMILES string of the molecule is CCn1nc(C)c(Cl)c1CC(C)(N)c1cccc(F)c1. The highest BCUT2D eigenvalue weighted by Gasteiger charge is 2.26. The summed E-state index contributed by atoms with van der Waals surface area (Å²) in [6.07, 6.45) is 0.504. The molecule has 1 aromatic carbocycles. The molecule has 2 N–H and O–H groups in total. The monoisotopic (exact) mass is 295 g/mol. The summed E-state index contributed by atoms with van der Waals surface area (Å²) in [4.78, 5) is 0. The fourth-order valence-electron chi connectivity index (χ4n) is 2.33. The summed E-state index contributed by atoms with van der Waals surface area (Å²) in [6, 6.07) is 6.37. The summed E-state index contributed by atoms with van der Waals surface area (Å²) < 4.78 is 15.2. The maximum Gasteiger partial charge on any atom is 0.123 e. The predicted molar refractivity (Wildman–Crippen MR) is 79.3 cm³/mol. The van der Waals surface area contributed by atoms with Crippen LogP contribution in [0.25, 0.3) is 0 Å². The summed E-state index contributed by atoms with van der Waals surface area (Å²) in [5, 5.41) is 5.02. The zero-order valence-electron chi connectivity index (χ0n) is 12.0. The van der Waals surface area contributed by atoms with Crippen LogP contribution in [0.15, 0.2) is 24.3 Å². The van der Waals surface area contributed by atoms with E-state index >= 15 is 0 Å². The molecule has 0 aliphatic carbocycles. The van der Waals surface area contributed by atoms with E-state index in [0.717, 1.165) is 23.5 Å². The summed E-state index contributed by atoms with van der Waals surface area (Å²) in [5.74, 6) is -0.287. The predicted octanol–water partition coefficient (Wildman–Crippen LogP) is 3.42. The van der Waals surface area contributed by atoms with Gasteiger partial charge >= 0.3 is 0 Å². The summed E-state index contributed by atoms with van der Waals surface area (Å²) in [6.45, 7) is 6.47. The van der Waals surface area contributed by atoms with E-state index in [2.05, 4.69) is 5.10 Å². The Morgan fingerprint density at radius 3 is 2.75 bits per heavy atom. The molecule has 1 unspecified atom stereocenters. The molecule has 1 heterocycles. The average Bonchev–Trinajstić information content (AvgIpc) is 2.66. The van der Waals surface area contributed by atoms with Gasteiger partial charge in [-0.1, -0.05) is 23.7 Å². The lowest BCUT2D eigenvalue weighted by atomic mass is 9.88. The minimum atomic E-state index is -0.703. The normalized spacial score (nSPS) is 14.3. The Morgan fingerprint density at radius 2 is 2.15 bits per heavy atom. The van der Waals surface area contributed by atoms with Gasteiger partial charge in [-0.3, -0.25) is 4.68 Å². The number of nitrogens with two attached hydrogens (primary N) is 1. The highest BCUT2D eigenvalue weighted by molar-refractivity contribution is 6.31. The minimum Gasteiger partial charge on any atom is -0.321 e. The second kappa shape index (κ2) is 5.54. The number of nitrogens with zero attached hydrogens (tertiary/aromatic N) is 2. The van der Waals surface area contributed by atoms with Crippen LogP contribution in [0.2, 0.25) is 5.02 Å². The molecule has 0 radical (unpaired) electrons. The largest absolute Gasteiger partial charge is 0.321 e. The van der Waals surface area contributed by atoms with E-state index in [4.69, 9.17) is 17.3 Å². The third-order valence-corrected chi connectivity index (χ3v) is 3.96. The molecule has 1 aromatic heterocycles. The van der Waals surface area contributed by atoms with Gasteiger partial charge in [0.2, 0.25) is 0 Å². The quantitative estimate of drug-likeness (QED) is 0.939. The van der Waals surface area contributed by atoms with Crippen LogP contribution in [0.5, 0.6) is 0 Å². The van der Waals surface area contributed by atoms with E-state index in [1.807, 2.05) is 31.5 Å². The molecule has 0 saturated heterocycles. The zero-order chi connectivity index (χ0) is 14.9. The second-order valence-electron chi connectivity index (χ2n) is 5.27. The molecule has 2 rings (SSSR count). The van der Waals surface area contributed by atoms with Crippen molar-refractivity contribution in [2.75, 3.05) is 0 Å². The van der Waals surface area contributed by atoms with Crippen molar-refractivity contribution in [2.24, 2.45) is 5.73 Å². The summed E-state index contributed by atoms with van der Waals surface area (Å²) >= 11 is 6.30. The molecule has 108 valence electrons. The second-order valence-corrected chi connectivity index (χ2v) is 5.64. The van der Waals surface area contributed by atoms with Crippen LogP contribution in [0, 0.1) is 12.7 Å². The van der Waals surface area contributed by atoms with Crippen LogP contribution in [0.1, 0.15) is 30.8 Å². The maximum absolute atomic E-state index is 13.4. The molecular formula is C15H19ClFN3. The molecule has 5 heteroatoms. The first-order chi connectivity index (χ1) is 9.35. The topological polar surface area (TPSA) is 43.8 Å². The van der Waals surface area contributed by atoms with Gasteiger partial charge in [0.1, 0.15) is 5.82 Å². The first-order valence-electron chi connectivity index (χ1n) is 6.62. The van der Waals surface area contributed by atoms with E-state index in [0.29, 0.717) is 11.4 Å². The van der Waals surface area contributed by atoms with Crippen LogP contribution >= 0.6 is 11.6 Å². The first kappa shape index (κ1) is 15.0. The first-order valence-corrected chi connectivity index (χ1v) is 6.99. The lowest BCUT2D eigenvalue weighted by molar-refractivity contribution is 0.460. The number of rotatable bonds is 4. The molecule has 0 bridgehead atoms. The Hall–Kier alpha value is -1.39. The molecule has 0 spiro atoms. The molecule has 0 fully saturated rings. The summed E-state index contributed by atoms with van der Waals surface area (Å²) in [7, 11) is 0. The highest BCUT2D eigenvalue weighted by Crippen LogP contribution is 2.28. The van der Waals surface area contributed by atoms with Crippen LogP contribution < -0.4 is 5.73 Å². The van der Waals surface area contributed by atoms with Crippen molar-refractivity contribution in [3.63, 3.8) is 0 Å². The Morgan fingerprint density at radius 1 is 1.45 bits per heavy atom. The van der Waals surface area contributed by atoms with Crippen LogP contribution in [0.4, 0.5) is 4.39 Å². The van der Waals surface area contributed by atoms with Crippen LogP contribution in [0.3, 0.4) is 0 Å². The van der Waals surface area contributed by atoms with Gasteiger partial charge in [-0.15, -0.1) is 0 Å². The van der Waals surface area contributed by atoms with Crippen LogP contribution in [-0.4, -0.2) is 9.78 Å². The number of aromatic nitrogens is 2. The third-order valence-electron chi connectivity index (χ3n) is 3.47. The zero-order valence-corrected chi connectivity index (χ0v) is 12.7. The molecule has 0 amide bonds. The van der Waals surface area contributed by atoms with Crippen LogP contribution in [-0.2, 0) is 18.5 Å². The van der Waals surface area contributed by atoms with Gasteiger partial charge in [0.25, 0.3) is 0 Å². The molecule has 0 aliphatic heterocycles. The van der Waals surface area contributed by atoms with Crippen molar-refractivity contribution in [2.45, 2.75) is 39.3 Å². The van der Waals surface area contributed by atoms with Gasteiger partial charge in [0.15, 0.2) is 0 Å². The van der Waals surface area contributed by atoms with Gasteiger partial charge in [-0.2, -0.15) is 5.10 Å². The highest BCUT2D eigenvalue weighted by atomic mass is 35.5. The number of halogens is 2. The van der Waals surface area contributed by atoms with Gasteiger partial charge in [0.05, 0.1) is 16.4 Å². The third kappa shape index (κ3) is 2.86. The molecule has 2 aromatic rings. The molecule has 3 nitrogen and oxygen atoms in total. The maximum atomic E-state index is 13.4. The number of hydrogen-bond acceptors (Lipinski definition) is 2. The number of hydrogen-bond donors (Lipinski definition) is 1. The Labute approximate surface area is 123 Å². The average molecular weight is 296 g/mol. The van der Waals surface area contributed by atoms with E-state index in [1.165, 1.54) is 12.1 Å². The number of aryl methyl sites for hydroxylation is 2. The fraction of sp³-hybridized carbons (Fsp3) is 0.400. The van der Waals surface area contributed by atoms with Crippen molar-refractivity contribution >= 4 is 11.6 Å². The Kier molecular flexibility index (Phi) is 4.16.